The third-order valence-corrected chi connectivity index (χ3v) is 1.79. The first-order valence-corrected chi connectivity index (χ1v) is 4.55. The summed E-state index contributed by atoms with van der Waals surface area (Å²) in [6, 6.07) is 1.20. The summed E-state index contributed by atoms with van der Waals surface area (Å²) in [5.41, 5.74) is 0.437. The van der Waals surface area contributed by atoms with Crippen LogP contribution >= 0.6 is 0 Å². The van der Waals surface area contributed by atoms with Gasteiger partial charge in [-0.25, -0.2) is 4.39 Å². The molecule has 1 aromatic rings. The first-order valence-electron chi connectivity index (χ1n) is 4.55. The fraction of sp³-hybridized carbons (Fsp3) is 0.400. The van der Waals surface area contributed by atoms with Crippen molar-refractivity contribution in [3.05, 3.63) is 23.8 Å². The van der Waals surface area contributed by atoms with E-state index in [1.165, 1.54) is 12.3 Å². The molecule has 0 bridgehead atoms. The highest BCUT2D eigenvalue weighted by Crippen LogP contribution is 2.18. The van der Waals surface area contributed by atoms with Crippen molar-refractivity contribution in [1.82, 2.24) is 10.3 Å². The zero-order valence-corrected chi connectivity index (χ0v) is 8.71. The molecule has 0 saturated carbocycles. The van der Waals surface area contributed by atoms with Crippen LogP contribution in [0.5, 0.6) is 5.75 Å². The lowest BCUT2D eigenvalue weighted by Crippen LogP contribution is -2.24. The average molecular weight is 212 g/mol. The molecule has 4 nitrogen and oxygen atoms in total. The van der Waals surface area contributed by atoms with E-state index in [2.05, 4.69) is 10.3 Å². The number of aryl methyl sites for hydroxylation is 1. The van der Waals surface area contributed by atoms with E-state index in [0.717, 1.165) is 0 Å². The Morgan fingerprint density at radius 2 is 2.40 bits per heavy atom. The molecule has 1 rings (SSSR count). The lowest BCUT2D eigenvalue weighted by atomic mass is 10.3. The van der Waals surface area contributed by atoms with Crippen molar-refractivity contribution in [2.75, 3.05) is 20.2 Å². The normalized spacial score (nSPS) is 10.1. The number of hydrogen-bond donors (Lipinski definition) is 1. The molecule has 5 heteroatoms. The second-order valence-electron chi connectivity index (χ2n) is 3.06. The predicted molar refractivity (Wildman–Crippen MR) is 53.4 cm³/mol. The minimum Gasteiger partial charge on any atom is -0.481 e. The highest BCUT2D eigenvalue weighted by Gasteiger charge is 2.09. The van der Waals surface area contributed by atoms with Gasteiger partial charge in [0.1, 0.15) is 6.61 Å². The van der Waals surface area contributed by atoms with Crippen LogP contribution in [0.15, 0.2) is 12.3 Å². The molecule has 0 atom stereocenters. The van der Waals surface area contributed by atoms with Crippen molar-refractivity contribution >= 4 is 5.78 Å². The summed E-state index contributed by atoms with van der Waals surface area (Å²) in [7, 11) is 1.66. The zero-order chi connectivity index (χ0) is 11.3. The van der Waals surface area contributed by atoms with E-state index in [0.29, 0.717) is 5.69 Å². The molecule has 1 heterocycles. The number of carbonyl (C=O) groups is 1. The molecule has 0 amide bonds. The molecular weight excluding hydrogens is 199 g/mol. The number of pyridine rings is 1. The Bertz CT molecular complexity index is 335. The summed E-state index contributed by atoms with van der Waals surface area (Å²) in [6.07, 6.45) is 1.35. The van der Waals surface area contributed by atoms with E-state index < -0.39 is 5.82 Å². The van der Waals surface area contributed by atoms with Gasteiger partial charge in [-0.3, -0.25) is 9.78 Å². The van der Waals surface area contributed by atoms with Crippen LogP contribution in [0.25, 0.3) is 0 Å². The first-order chi connectivity index (χ1) is 7.15. The zero-order valence-electron chi connectivity index (χ0n) is 8.71. The number of carbonyl (C=O) groups excluding carboxylic acids is 1. The van der Waals surface area contributed by atoms with Crippen LogP contribution in [0, 0.1) is 12.7 Å². The maximum atomic E-state index is 13.2. The van der Waals surface area contributed by atoms with Gasteiger partial charge in [0.2, 0.25) is 0 Å². The molecule has 1 N–H and O–H groups in total. The van der Waals surface area contributed by atoms with Crippen molar-refractivity contribution in [2.45, 2.75) is 6.92 Å². The molecule has 0 aromatic carbocycles. The van der Waals surface area contributed by atoms with Crippen LogP contribution in [-0.2, 0) is 4.79 Å². The molecule has 0 aliphatic heterocycles. The van der Waals surface area contributed by atoms with Crippen LogP contribution < -0.4 is 10.1 Å². The molecule has 0 unspecified atom stereocenters. The van der Waals surface area contributed by atoms with Gasteiger partial charge < -0.3 is 10.1 Å². The van der Waals surface area contributed by atoms with Crippen molar-refractivity contribution < 1.29 is 13.9 Å². The second kappa shape index (κ2) is 5.41. The molecule has 0 fully saturated rings. The van der Waals surface area contributed by atoms with Crippen molar-refractivity contribution in [3.63, 3.8) is 0 Å². The fourth-order valence-corrected chi connectivity index (χ4v) is 1.10. The Morgan fingerprint density at radius 1 is 1.67 bits per heavy atom. The summed E-state index contributed by atoms with van der Waals surface area (Å²) in [5, 5.41) is 2.69. The second-order valence-corrected chi connectivity index (χ2v) is 3.06. The number of nitrogens with zero attached hydrogens (tertiary/aromatic N) is 1. The van der Waals surface area contributed by atoms with Gasteiger partial charge in [0.25, 0.3) is 0 Å². The lowest BCUT2D eigenvalue weighted by Gasteiger charge is -2.08. The topological polar surface area (TPSA) is 51.2 Å². The van der Waals surface area contributed by atoms with Crippen LogP contribution in [0.3, 0.4) is 0 Å². The number of ketones is 1. The average Bonchev–Trinajstić information content (AvgIpc) is 2.17. The van der Waals surface area contributed by atoms with E-state index >= 15 is 0 Å². The van der Waals surface area contributed by atoms with E-state index in [1.807, 2.05) is 0 Å². The maximum absolute atomic E-state index is 13.2. The number of rotatable bonds is 5. The van der Waals surface area contributed by atoms with Crippen molar-refractivity contribution in [3.8, 4) is 5.75 Å². The largest absolute Gasteiger partial charge is 0.481 e. The van der Waals surface area contributed by atoms with Crippen molar-refractivity contribution in [2.24, 2.45) is 0 Å². The standard InChI is InChI=1S/C10H13FN2O2/c1-7-10(9(11)3-4-13-7)15-6-8(14)5-12-2/h3-4,12H,5-6H2,1-2H3. The molecule has 15 heavy (non-hydrogen) atoms. The SMILES string of the molecule is CNCC(=O)COc1c(F)ccnc1C. The molecule has 1 aromatic heterocycles. The number of Topliss-reactive ketones (excluding diaryl/α,β-unsaturated/α-hetero) is 1. The number of nitrogens with one attached hydrogen (secondary N) is 1. The molecule has 0 saturated heterocycles. The van der Waals surface area contributed by atoms with Gasteiger partial charge in [0.05, 0.1) is 12.2 Å². The number of ether oxygens (including phenoxy) is 1. The molecular formula is C10H13FN2O2. The quantitative estimate of drug-likeness (QED) is 0.780. The Labute approximate surface area is 87.5 Å². The number of aromatic nitrogens is 1. The van der Waals surface area contributed by atoms with Gasteiger partial charge in [0, 0.05) is 6.20 Å². The summed E-state index contributed by atoms with van der Waals surface area (Å²) in [6.45, 7) is 1.69. The van der Waals surface area contributed by atoms with E-state index in [-0.39, 0.29) is 24.7 Å². The van der Waals surface area contributed by atoms with Gasteiger partial charge in [0.15, 0.2) is 17.3 Å². The van der Waals surface area contributed by atoms with E-state index in [9.17, 15) is 9.18 Å². The van der Waals surface area contributed by atoms with E-state index in [1.54, 1.807) is 14.0 Å². The van der Waals surface area contributed by atoms with Gasteiger partial charge in [-0.2, -0.15) is 0 Å². The summed E-state index contributed by atoms with van der Waals surface area (Å²) in [5.74, 6) is -0.595. The smallest absolute Gasteiger partial charge is 0.183 e. The van der Waals surface area contributed by atoms with Gasteiger partial charge in [-0.05, 0) is 20.0 Å². The first kappa shape index (κ1) is 11.6. The monoisotopic (exact) mass is 212 g/mol. The number of hydrogen-bond acceptors (Lipinski definition) is 4. The molecule has 82 valence electrons. The molecule has 0 radical (unpaired) electrons. The third-order valence-electron chi connectivity index (χ3n) is 1.79. The minimum absolute atomic E-state index is 0.0435. The highest BCUT2D eigenvalue weighted by atomic mass is 19.1. The predicted octanol–water partition coefficient (Wildman–Crippen LogP) is 0.696. The van der Waals surface area contributed by atoms with Gasteiger partial charge in [-0.15, -0.1) is 0 Å². The Balaban J connectivity index is 2.61. The van der Waals surface area contributed by atoms with Crippen LogP contribution in [0.1, 0.15) is 5.69 Å². The number of halogens is 1. The summed E-state index contributed by atoms with van der Waals surface area (Å²) >= 11 is 0. The third kappa shape index (κ3) is 3.28. The van der Waals surface area contributed by atoms with Gasteiger partial charge in [-0.1, -0.05) is 0 Å². The lowest BCUT2D eigenvalue weighted by molar-refractivity contribution is -0.120. The van der Waals surface area contributed by atoms with Crippen LogP contribution in [0.4, 0.5) is 4.39 Å². The van der Waals surface area contributed by atoms with Crippen LogP contribution in [-0.4, -0.2) is 31.0 Å². The Morgan fingerprint density at radius 3 is 3.00 bits per heavy atom. The minimum atomic E-state index is -0.500. The Hall–Kier alpha value is -1.49. The molecule has 0 spiro atoms. The fourth-order valence-electron chi connectivity index (χ4n) is 1.10. The number of likely N-dealkylation sites (N-methyl/N-ethyl adjacent to an activating group) is 1. The highest BCUT2D eigenvalue weighted by molar-refractivity contribution is 5.81. The van der Waals surface area contributed by atoms with E-state index in [4.69, 9.17) is 4.74 Å². The molecule has 0 aliphatic rings. The van der Waals surface area contributed by atoms with Crippen molar-refractivity contribution in [1.29, 1.82) is 0 Å². The molecule has 0 aliphatic carbocycles. The van der Waals surface area contributed by atoms with Crippen LogP contribution in [0.2, 0.25) is 0 Å². The summed E-state index contributed by atoms with van der Waals surface area (Å²) < 4.78 is 18.2. The van der Waals surface area contributed by atoms with Gasteiger partial charge >= 0.3 is 0 Å². The summed E-state index contributed by atoms with van der Waals surface area (Å²) in [4.78, 5) is 15.0. The Kier molecular flexibility index (Phi) is 4.17. The maximum Gasteiger partial charge on any atom is 0.183 e.